The van der Waals surface area contributed by atoms with Gasteiger partial charge in [0.05, 0.1) is 0 Å². The van der Waals surface area contributed by atoms with Gasteiger partial charge >= 0.3 is 171 Å². The van der Waals surface area contributed by atoms with Crippen LogP contribution in [0.5, 0.6) is 0 Å². The molecule has 1 saturated carbocycles. The van der Waals surface area contributed by atoms with Crippen molar-refractivity contribution < 1.29 is 42.8 Å². The number of rotatable bonds is 2. The molecular formula is C18H17F4IO6. The van der Waals surface area contributed by atoms with E-state index < -0.39 is 69.4 Å². The Bertz CT molecular complexity index is 804. The Morgan fingerprint density at radius 1 is 1.03 bits per heavy atom. The van der Waals surface area contributed by atoms with Crippen LogP contribution < -0.4 is 0 Å². The number of hydrogen-bond acceptors (Lipinski definition) is 6. The van der Waals surface area contributed by atoms with Crippen molar-refractivity contribution in [2.24, 2.45) is 5.92 Å². The van der Waals surface area contributed by atoms with Crippen LogP contribution in [0, 0.1) is 9.49 Å². The standard InChI is InChI=1S/C18H17F4IO6/c19-17(20)9-26-16(27-10-18(17,21)22)7-5-11(6-8-16)14(24)28-23-13-4-2-1-3-12(13)15(25)29-23/h1-4,11H,5-10H2. The molecule has 1 saturated heterocycles. The van der Waals surface area contributed by atoms with Crippen LogP contribution in [0.4, 0.5) is 17.6 Å². The first kappa shape index (κ1) is 20.8. The number of ether oxygens (including phenoxy) is 2. The molecule has 0 unspecified atom stereocenters. The van der Waals surface area contributed by atoms with Gasteiger partial charge in [-0.1, -0.05) is 0 Å². The molecular weight excluding hydrogens is 515 g/mol. The number of fused-ring (bicyclic) bond motifs is 1. The van der Waals surface area contributed by atoms with E-state index in [2.05, 4.69) is 0 Å². The van der Waals surface area contributed by atoms with E-state index in [1.807, 2.05) is 0 Å². The quantitative estimate of drug-likeness (QED) is 0.422. The molecule has 11 heteroatoms. The van der Waals surface area contributed by atoms with E-state index >= 15 is 0 Å². The summed E-state index contributed by atoms with van der Waals surface area (Å²) < 4.78 is 75.4. The van der Waals surface area contributed by atoms with Gasteiger partial charge in [0.15, 0.2) is 0 Å². The van der Waals surface area contributed by atoms with Gasteiger partial charge in [-0.3, -0.25) is 0 Å². The van der Waals surface area contributed by atoms with E-state index in [-0.39, 0.29) is 25.7 Å². The molecule has 160 valence electrons. The maximum atomic E-state index is 13.5. The van der Waals surface area contributed by atoms with Crippen LogP contribution in [-0.4, -0.2) is 42.8 Å². The molecule has 0 radical (unpaired) electrons. The van der Waals surface area contributed by atoms with Crippen LogP contribution in [0.1, 0.15) is 36.0 Å². The molecule has 0 amide bonds. The molecule has 1 aromatic carbocycles. The second kappa shape index (κ2) is 7.34. The van der Waals surface area contributed by atoms with Gasteiger partial charge in [0, 0.05) is 0 Å². The molecule has 29 heavy (non-hydrogen) atoms. The summed E-state index contributed by atoms with van der Waals surface area (Å²) in [5.41, 5.74) is 0.384. The number of halogens is 5. The Kier molecular flexibility index (Phi) is 5.26. The topological polar surface area (TPSA) is 71.1 Å². The first-order chi connectivity index (χ1) is 13.6. The maximum absolute atomic E-state index is 13.5. The van der Waals surface area contributed by atoms with Crippen molar-refractivity contribution in [1.29, 1.82) is 0 Å². The molecule has 0 N–H and O–H groups in total. The molecule has 2 heterocycles. The fraction of sp³-hybridized carbons (Fsp3) is 0.556. The zero-order chi connectivity index (χ0) is 20.9. The molecule has 0 atom stereocenters. The Hall–Kier alpha value is -1.47. The van der Waals surface area contributed by atoms with Crippen LogP contribution in [-0.2, 0) is 20.4 Å². The van der Waals surface area contributed by atoms with Gasteiger partial charge in [-0.05, 0) is 0 Å². The predicted molar refractivity (Wildman–Crippen MR) is 97.2 cm³/mol. The molecule has 3 aliphatic rings. The Labute approximate surface area is 171 Å². The van der Waals surface area contributed by atoms with Crippen LogP contribution in [0.15, 0.2) is 24.3 Å². The van der Waals surface area contributed by atoms with E-state index in [1.165, 1.54) is 0 Å². The van der Waals surface area contributed by atoms with E-state index in [1.54, 1.807) is 24.3 Å². The Morgan fingerprint density at radius 3 is 2.24 bits per heavy atom. The summed E-state index contributed by atoms with van der Waals surface area (Å²) in [4.78, 5) is 24.4. The summed E-state index contributed by atoms with van der Waals surface area (Å²) in [5, 5.41) is 0. The van der Waals surface area contributed by atoms with Crippen LogP contribution in [0.3, 0.4) is 0 Å². The second-order valence-corrected chi connectivity index (χ2v) is 10.4. The van der Waals surface area contributed by atoms with Gasteiger partial charge in [0.2, 0.25) is 0 Å². The number of benzene rings is 1. The van der Waals surface area contributed by atoms with Crippen molar-refractivity contribution in [3.63, 3.8) is 0 Å². The third-order valence-corrected chi connectivity index (χ3v) is 8.72. The van der Waals surface area contributed by atoms with Crippen molar-refractivity contribution in [1.82, 2.24) is 0 Å². The van der Waals surface area contributed by atoms with Crippen molar-refractivity contribution in [3.05, 3.63) is 33.4 Å². The number of alkyl halides is 4. The number of hydrogen-bond donors (Lipinski definition) is 0. The summed E-state index contributed by atoms with van der Waals surface area (Å²) in [5.74, 6) is -11.9. The number of carbonyl (C=O) groups is 2. The van der Waals surface area contributed by atoms with Crippen molar-refractivity contribution in [3.8, 4) is 0 Å². The van der Waals surface area contributed by atoms with Crippen molar-refractivity contribution >= 4 is 32.6 Å². The normalized spacial score (nSPS) is 26.5. The minimum absolute atomic E-state index is 0.00349. The summed E-state index contributed by atoms with van der Waals surface area (Å²) in [7, 11) is 0. The Morgan fingerprint density at radius 2 is 1.62 bits per heavy atom. The first-order valence-electron chi connectivity index (χ1n) is 8.90. The van der Waals surface area contributed by atoms with Gasteiger partial charge in [-0.25, -0.2) is 0 Å². The van der Waals surface area contributed by atoms with Crippen LogP contribution in [0.2, 0.25) is 0 Å². The predicted octanol–water partition coefficient (Wildman–Crippen LogP) is 4.11. The van der Waals surface area contributed by atoms with E-state index in [9.17, 15) is 27.2 Å². The molecule has 4 rings (SSSR count). The summed E-state index contributed by atoms with van der Waals surface area (Å²) in [6.07, 6.45) is 0.331. The van der Waals surface area contributed by atoms with E-state index in [0.717, 1.165) is 0 Å². The summed E-state index contributed by atoms with van der Waals surface area (Å²) in [6.45, 7) is -2.89. The van der Waals surface area contributed by atoms with Gasteiger partial charge in [-0.15, -0.1) is 0 Å². The monoisotopic (exact) mass is 532 g/mol. The van der Waals surface area contributed by atoms with Gasteiger partial charge < -0.3 is 0 Å². The first-order valence-corrected chi connectivity index (χ1v) is 11.7. The van der Waals surface area contributed by atoms with Crippen molar-refractivity contribution in [2.45, 2.75) is 43.3 Å². The van der Waals surface area contributed by atoms with Crippen LogP contribution >= 0.6 is 20.6 Å². The molecule has 0 aromatic heterocycles. The molecule has 1 aliphatic carbocycles. The average molecular weight is 532 g/mol. The van der Waals surface area contributed by atoms with Gasteiger partial charge in [0.1, 0.15) is 0 Å². The fourth-order valence-corrected chi connectivity index (χ4v) is 6.67. The average Bonchev–Trinajstić information content (AvgIpc) is 2.97. The third-order valence-electron chi connectivity index (χ3n) is 5.20. The SMILES string of the molecule is O=C1OI(OC(=O)C2CCC3(CC2)OCC(F)(F)C(F)(F)CO3)c2ccccc21. The molecule has 2 fully saturated rings. The Balaban J connectivity index is 1.37. The van der Waals surface area contributed by atoms with E-state index in [0.29, 0.717) is 9.13 Å². The van der Waals surface area contributed by atoms with Crippen molar-refractivity contribution in [2.75, 3.05) is 13.2 Å². The molecule has 6 nitrogen and oxygen atoms in total. The summed E-state index contributed by atoms with van der Waals surface area (Å²) in [6, 6.07) is 6.68. The second-order valence-electron chi connectivity index (χ2n) is 7.13. The third kappa shape index (κ3) is 3.83. The van der Waals surface area contributed by atoms with Gasteiger partial charge in [-0.2, -0.15) is 0 Å². The van der Waals surface area contributed by atoms with Gasteiger partial charge in [0.25, 0.3) is 0 Å². The zero-order valence-corrected chi connectivity index (χ0v) is 17.1. The minimum atomic E-state index is -4.32. The zero-order valence-electron chi connectivity index (χ0n) is 15.0. The molecule has 1 spiro atoms. The molecule has 2 aliphatic heterocycles. The molecule has 1 aromatic rings. The fourth-order valence-electron chi connectivity index (χ4n) is 3.38. The summed E-state index contributed by atoms with van der Waals surface area (Å²) >= 11 is -2.91. The number of carbonyl (C=O) groups excluding carboxylic acids is 2. The molecule has 0 bridgehead atoms. The van der Waals surface area contributed by atoms with E-state index in [4.69, 9.17) is 15.6 Å². The van der Waals surface area contributed by atoms with Crippen LogP contribution in [0.25, 0.3) is 0 Å².